The zero-order valence-corrected chi connectivity index (χ0v) is 8.10. The minimum atomic E-state index is -0.265. The first-order valence-electron chi connectivity index (χ1n) is 4.69. The summed E-state index contributed by atoms with van der Waals surface area (Å²) in [5.41, 5.74) is 0.842. The summed E-state index contributed by atoms with van der Waals surface area (Å²) in [6.07, 6.45) is 3.45. The first-order valence-corrected chi connectivity index (χ1v) is 4.69. The maximum atomic E-state index is 12.7. The van der Waals surface area contributed by atoms with Crippen LogP contribution in [0.5, 0.6) is 0 Å². The third kappa shape index (κ3) is 2.05. The van der Waals surface area contributed by atoms with Crippen LogP contribution in [0.4, 0.5) is 4.39 Å². The summed E-state index contributed by atoms with van der Waals surface area (Å²) in [7, 11) is 0. The third-order valence-electron chi connectivity index (χ3n) is 2.16. The molecule has 0 bridgehead atoms. The summed E-state index contributed by atoms with van der Waals surface area (Å²) in [4.78, 5) is 4.16. The highest BCUT2D eigenvalue weighted by Gasteiger charge is 2.04. The van der Waals surface area contributed by atoms with Crippen LogP contribution in [0.3, 0.4) is 0 Å². The van der Waals surface area contributed by atoms with E-state index in [9.17, 15) is 4.39 Å². The highest BCUT2D eigenvalue weighted by molar-refractivity contribution is 5.55. The van der Waals surface area contributed by atoms with Gasteiger partial charge in [0.1, 0.15) is 11.6 Å². The van der Waals surface area contributed by atoms with Crippen molar-refractivity contribution >= 4 is 0 Å². The number of hydrogen-bond acceptors (Lipinski definition) is 2. The lowest BCUT2D eigenvalue weighted by atomic mass is 10.2. The number of imidazole rings is 1. The van der Waals surface area contributed by atoms with Crippen LogP contribution in [0.1, 0.15) is 0 Å². The van der Waals surface area contributed by atoms with Gasteiger partial charge < -0.3 is 9.67 Å². The van der Waals surface area contributed by atoms with Gasteiger partial charge in [-0.05, 0) is 24.3 Å². The Bertz CT molecular complexity index is 436. The largest absolute Gasteiger partial charge is 0.395 e. The second-order valence-corrected chi connectivity index (χ2v) is 3.17. The van der Waals surface area contributed by atoms with Gasteiger partial charge in [0.15, 0.2) is 0 Å². The molecular formula is C11H11FN2O. The van der Waals surface area contributed by atoms with E-state index in [1.165, 1.54) is 12.1 Å². The second kappa shape index (κ2) is 4.23. The lowest BCUT2D eigenvalue weighted by Gasteiger charge is -2.05. The van der Waals surface area contributed by atoms with E-state index in [0.29, 0.717) is 6.54 Å². The van der Waals surface area contributed by atoms with E-state index in [0.717, 1.165) is 11.4 Å². The molecule has 0 aliphatic heterocycles. The van der Waals surface area contributed by atoms with Gasteiger partial charge in [-0.3, -0.25) is 0 Å². The number of aliphatic hydroxyl groups excluding tert-OH is 1. The molecule has 0 unspecified atom stereocenters. The minimum Gasteiger partial charge on any atom is -0.395 e. The molecule has 2 aromatic rings. The molecule has 0 atom stereocenters. The molecule has 1 N–H and O–H groups in total. The Morgan fingerprint density at radius 2 is 2.00 bits per heavy atom. The molecule has 0 saturated carbocycles. The molecule has 0 fully saturated rings. The molecule has 0 radical (unpaired) electrons. The fraction of sp³-hybridized carbons (Fsp3) is 0.182. The number of hydrogen-bond donors (Lipinski definition) is 1. The Labute approximate surface area is 86.8 Å². The van der Waals surface area contributed by atoms with Gasteiger partial charge in [-0.2, -0.15) is 0 Å². The van der Waals surface area contributed by atoms with Crippen LogP contribution >= 0.6 is 0 Å². The zero-order valence-electron chi connectivity index (χ0n) is 8.10. The average molecular weight is 206 g/mol. The maximum absolute atomic E-state index is 12.7. The fourth-order valence-corrected chi connectivity index (χ4v) is 1.46. The molecule has 3 nitrogen and oxygen atoms in total. The average Bonchev–Trinajstić information content (AvgIpc) is 2.68. The van der Waals surface area contributed by atoms with E-state index in [1.54, 1.807) is 24.5 Å². The van der Waals surface area contributed by atoms with Gasteiger partial charge in [-0.25, -0.2) is 9.37 Å². The van der Waals surface area contributed by atoms with Gasteiger partial charge >= 0.3 is 0 Å². The van der Waals surface area contributed by atoms with Gasteiger partial charge in [-0.1, -0.05) is 0 Å². The van der Waals surface area contributed by atoms with Crippen molar-refractivity contribution in [2.75, 3.05) is 6.61 Å². The van der Waals surface area contributed by atoms with E-state index in [4.69, 9.17) is 5.11 Å². The molecule has 78 valence electrons. The molecular weight excluding hydrogens is 195 g/mol. The number of aliphatic hydroxyl groups is 1. The number of rotatable bonds is 3. The molecule has 0 aliphatic carbocycles. The van der Waals surface area contributed by atoms with Crippen LogP contribution in [0.25, 0.3) is 11.4 Å². The molecule has 0 spiro atoms. The van der Waals surface area contributed by atoms with Crippen molar-refractivity contribution in [2.24, 2.45) is 0 Å². The Morgan fingerprint density at radius 1 is 1.27 bits per heavy atom. The van der Waals surface area contributed by atoms with E-state index in [2.05, 4.69) is 4.98 Å². The molecule has 1 heterocycles. The van der Waals surface area contributed by atoms with Gasteiger partial charge in [-0.15, -0.1) is 0 Å². The zero-order chi connectivity index (χ0) is 10.7. The van der Waals surface area contributed by atoms with Gasteiger partial charge in [0.05, 0.1) is 6.61 Å². The van der Waals surface area contributed by atoms with E-state index in [-0.39, 0.29) is 12.4 Å². The smallest absolute Gasteiger partial charge is 0.139 e. The van der Waals surface area contributed by atoms with Gasteiger partial charge in [0, 0.05) is 24.5 Å². The van der Waals surface area contributed by atoms with Crippen molar-refractivity contribution in [3.8, 4) is 11.4 Å². The lowest BCUT2D eigenvalue weighted by Crippen LogP contribution is -2.02. The van der Waals surface area contributed by atoms with Crippen LogP contribution in [-0.4, -0.2) is 21.3 Å². The van der Waals surface area contributed by atoms with Crippen LogP contribution < -0.4 is 0 Å². The monoisotopic (exact) mass is 206 g/mol. The summed E-state index contributed by atoms with van der Waals surface area (Å²) in [6.45, 7) is 0.553. The number of nitrogens with zero attached hydrogens (tertiary/aromatic N) is 2. The Balaban J connectivity index is 2.36. The summed E-state index contributed by atoms with van der Waals surface area (Å²) < 4.78 is 14.5. The first kappa shape index (κ1) is 9.86. The molecule has 0 amide bonds. The summed E-state index contributed by atoms with van der Waals surface area (Å²) in [5.74, 6) is 0.475. The van der Waals surface area contributed by atoms with E-state index >= 15 is 0 Å². The Kier molecular flexibility index (Phi) is 2.78. The second-order valence-electron chi connectivity index (χ2n) is 3.17. The van der Waals surface area contributed by atoms with Crippen LogP contribution in [0.15, 0.2) is 36.7 Å². The van der Waals surface area contributed by atoms with Crippen molar-refractivity contribution < 1.29 is 9.50 Å². The standard InChI is InChI=1S/C11H11FN2O/c12-10-3-1-9(2-4-10)11-13-5-6-14(11)7-8-15/h1-6,15H,7-8H2. The molecule has 15 heavy (non-hydrogen) atoms. The van der Waals surface area contributed by atoms with Crippen LogP contribution in [-0.2, 0) is 6.54 Å². The first-order chi connectivity index (χ1) is 7.31. The van der Waals surface area contributed by atoms with Crippen molar-refractivity contribution in [3.63, 3.8) is 0 Å². The van der Waals surface area contributed by atoms with Crippen molar-refractivity contribution in [1.82, 2.24) is 9.55 Å². The van der Waals surface area contributed by atoms with Crippen LogP contribution in [0.2, 0.25) is 0 Å². The Morgan fingerprint density at radius 3 is 2.67 bits per heavy atom. The van der Waals surface area contributed by atoms with Gasteiger partial charge in [0.25, 0.3) is 0 Å². The highest BCUT2D eigenvalue weighted by atomic mass is 19.1. The summed E-state index contributed by atoms with van der Waals surface area (Å²) >= 11 is 0. The highest BCUT2D eigenvalue weighted by Crippen LogP contribution is 2.17. The summed E-state index contributed by atoms with van der Waals surface area (Å²) in [6, 6.07) is 6.14. The molecule has 1 aromatic heterocycles. The topological polar surface area (TPSA) is 38.0 Å². The summed E-state index contributed by atoms with van der Waals surface area (Å²) in [5, 5.41) is 8.84. The van der Waals surface area contributed by atoms with Gasteiger partial charge in [0.2, 0.25) is 0 Å². The quantitative estimate of drug-likeness (QED) is 0.829. The van der Waals surface area contributed by atoms with E-state index in [1.807, 2.05) is 4.57 Å². The number of halogens is 1. The minimum absolute atomic E-state index is 0.0601. The molecule has 0 aliphatic rings. The van der Waals surface area contributed by atoms with E-state index < -0.39 is 0 Å². The number of benzene rings is 1. The predicted molar refractivity (Wildman–Crippen MR) is 54.7 cm³/mol. The normalized spacial score (nSPS) is 10.5. The third-order valence-corrected chi connectivity index (χ3v) is 2.16. The molecule has 1 aromatic carbocycles. The van der Waals surface area contributed by atoms with Crippen LogP contribution in [0, 0.1) is 5.82 Å². The fourth-order valence-electron chi connectivity index (χ4n) is 1.46. The SMILES string of the molecule is OCCn1ccnc1-c1ccc(F)cc1. The van der Waals surface area contributed by atoms with Crippen molar-refractivity contribution in [1.29, 1.82) is 0 Å². The molecule has 2 rings (SSSR count). The molecule has 4 heteroatoms. The Hall–Kier alpha value is -1.68. The molecule has 0 saturated heterocycles. The lowest BCUT2D eigenvalue weighted by molar-refractivity contribution is 0.276. The maximum Gasteiger partial charge on any atom is 0.139 e. The van der Waals surface area contributed by atoms with Crippen molar-refractivity contribution in [3.05, 3.63) is 42.5 Å². The van der Waals surface area contributed by atoms with Crippen molar-refractivity contribution in [2.45, 2.75) is 6.54 Å². The predicted octanol–water partition coefficient (Wildman–Crippen LogP) is 1.68. The number of aromatic nitrogens is 2.